The maximum absolute atomic E-state index is 4.54. The van der Waals surface area contributed by atoms with E-state index >= 15 is 0 Å². The second kappa shape index (κ2) is 8.95. The minimum absolute atomic E-state index is 0.132. The van der Waals surface area contributed by atoms with Crippen LogP contribution in [-0.4, -0.2) is 46.0 Å². The molecule has 0 saturated heterocycles. The van der Waals surface area contributed by atoms with Crippen molar-refractivity contribution in [3.8, 4) is 22.8 Å². The summed E-state index contributed by atoms with van der Waals surface area (Å²) in [5.41, 5.74) is 3.54. The SMILES string of the molecule is CCn1c(SCC2CSc3nnc(-c4cccnc4)n32)nnc1-c1ccc(C(C)(C)C)cc1. The zero-order valence-electron chi connectivity index (χ0n) is 19.3. The van der Waals surface area contributed by atoms with Gasteiger partial charge in [0, 0.05) is 41.6 Å². The number of rotatable bonds is 6. The first-order chi connectivity index (χ1) is 16.0. The fraction of sp³-hybridized carbons (Fsp3) is 0.375. The predicted molar refractivity (Wildman–Crippen MR) is 134 cm³/mol. The number of nitrogens with zero attached hydrogens (tertiary/aromatic N) is 7. The van der Waals surface area contributed by atoms with Crippen LogP contribution in [0.3, 0.4) is 0 Å². The molecular weight excluding hydrogens is 450 g/mol. The van der Waals surface area contributed by atoms with E-state index in [2.05, 4.69) is 86.5 Å². The molecule has 0 N–H and O–H groups in total. The van der Waals surface area contributed by atoms with Gasteiger partial charge < -0.3 is 4.57 Å². The molecule has 4 heterocycles. The normalized spacial score (nSPS) is 15.7. The van der Waals surface area contributed by atoms with Crippen molar-refractivity contribution in [3.05, 3.63) is 54.4 Å². The van der Waals surface area contributed by atoms with Crippen LogP contribution in [0.1, 0.15) is 39.3 Å². The first-order valence-electron chi connectivity index (χ1n) is 11.1. The summed E-state index contributed by atoms with van der Waals surface area (Å²) in [6.07, 6.45) is 3.62. The molecular formula is C24H27N7S2. The average Bonchev–Trinajstić information content (AvgIpc) is 3.53. The van der Waals surface area contributed by atoms with Crippen LogP contribution in [0.5, 0.6) is 0 Å². The summed E-state index contributed by atoms with van der Waals surface area (Å²) in [5.74, 6) is 3.66. The van der Waals surface area contributed by atoms with Crippen molar-refractivity contribution in [3.63, 3.8) is 0 Å². The number of pyridine rings is 1. The van der Waals surface area contributed by atoms with Crippen molar-refractivity contribution in [1.29, 1.82) is 0 Å². The van der Waals surface area contributed by atoms with Crippen LogP contribution in [0.4, 0.5) is 0 Å². The van der Waals surface area contributed by atoms with Gasteiger partial charge in [-0.25, -0.2) is 0 Å². The number of hydrogen-bond donors (Lipinski definition) is 0. The molecule has 0 amide bonds. The van der Waals surface area contributed by atoms with Gasteiger partial charge in [0.25, 0.3) is 0 Å². The Morgan fingerprint density at radius 3 is 2.48 bits per heavy atom. The molecule has 170 valence electrons. The third-order valence-electron chi connectivity index (χ3n) is 5.80. The fourth-order valence-electron chi connectivity index (χ4n) is 3.95. The molecule has 7 nitrogen and oxygen atoms in total. The van der Waals surface area contributed by atoms with Gasteiger partial charge in [-0.3, -0.25) is 9.55 Å². The van der Waals surface area contributed by atoms with E-state index in [0.29, 0.717) is 0 Å². The Bertz CT molecular complexity index is 1240. The summed E-state index contributed by atoms with van der Waals surface area (Å²) >= 11 is 3.50. The molecule has 0 fully saturated rings. The van der Waals surface area contributed by atoms with Gasteiger partial charge in [0.15, 0.2) is 22.0 Å². The van der Waals surface area contributed by atoms with E-state index in [1.165, 1.54) is 5.56 Å². The highest BCUT2D eigenvalue weighted by atomic mass is 32.2. The van der Waals surface area contributed by atoms with Crippen LogP contribution in [0.2, 0.25) is 0 Å². The Labute approximate surface area is 202 Å². The maximum atomic E-state index is 4.54. The number of hydrogen-bond acceptors (Lipinski definition) is 7. The lowest BCUT2D eigenvalue weighted by atomic mass is 9.87. The first kappa shape index (κ1) is 22.2. The minimum Gasteiger partial charge on any atom is -0.302 e. The van der Waals surface area contributed by atoms with Crippen molar-refractivity contribution >= 4 is 23.5 Å². The third-order valence-corrected chi connectivity index (χ3v) is 8.00. The molecule has 0 aliphatic carbocycles. The quantitative estimate of drug-likeness (QED) is 0.346. The molecule has 4 aromatic rings. The molecule has 1 unspecified atom stereocenters. The van der Waals surface area contributed by atoms with Gasteiger partial charge in [0.05, 0.1) is 6.04 Å². The highest BCUT2D eigenvalue weighted by Gasteiger charge is 2.29. The van der Waals surface area contributed by atoms with E-state index in [1.54, 1.807) is 29.7 Å². The molecule has 5 rings (SSSR count). The summed E-state index contributed by atoms with van der Waals surface area (Å²) in [6.45, 7) is 9.66. The lowest BCUT2D eigenvalue weighted by molar-refractivity contribution is 0.590. The minimum atomic E-state index is 0.132. The second-order valence-electron chi connectivity index (χ2n) is 9.07. The van der Waals surface area contributed by atoms with Gasteiger partial charge in [-0.05, 0) is 30.0 Å². The topological polar surface area (TPSA) is 74.3 Å². The second-order valence-corrected chi connectivity index (χ2v) is 11.0. The van der Waals surface area contributed by atoms with Crippen molar-refractivity contribution in [1.82, 2.24) is 34.5 Å². The van der Waals surface area contributed by atoms with Gasteiger partial charge in [-0.1, -0.05) is 68.6 Å². The van der Waals surface area contributed by atoms with Crippen LogP contribution < -0.4 is 0 Å². The van der Waals surface area contributed by atoms with Gasteiger partial charge in [0.2, 0.25) is 0 Å². The highest BCUT2D eigenvalue weighted by Crippen LogP contribution is 2.39. The van der Waals surface area contributed by atoms with E-state index in [9.17, 15) is 0 Å². The van der Waals surface area contributed by atoms with E-state index in [0.717, 1.165) is 51.1 Å². The van der Waals surface area contributed by atoms with E-state index in [4.69, 9.17) is 0 Å². The zero-order chi connectivity index (χ0) is 23.0. The number of fused-ring (bicyclic) bond motifs is 1. The van der Waals surface area contributed by atoms with Crippen LogP contribution in [-0.2, 0) is 12.0 Å². The monoisotopic (exact) mass is 477 g/mol. The first-order valence-corrected chi connectivity index (χ1v) is 13.1. The van der Waals surface area contributed by atoms with Crippen molar-refractivity contribution in [2.45, 2.75) is 56.0 Å². The smallest absolute Gasteiger partial charge is 0.191 e. The predicted octanol–water partition coefficient (Wildman–Crippen LogP) is 5.36. The Kier molecular flexibility index (Phi) is 6.01. The van der Waals surface area contributed by atoms with Gasteiger partial charge in [-0.15, -0.1) is 20.4 Å². The molecule has 3 aromatic heterocycles. The van der Waals surface area contributed by atoms with Crippen LogP contribution in [0, 0.1) is 0 Å². The largest absolute Gasteiger partial charge is 0.302 e. The number of aromatic nitrogens is 7. The van der Waals surface area contributed by atoms with Gasteiger partial charge in [0.1, 0.15) is 0 Å². The molecule has 0 radical (unpaired) electrons. The van der Waals surface area contributed by atoms with E-state index in [1.807, 2.05) is 18.3 Å². The fourth-order valence-corrected chi connectivity index (χ4v) is 6.26. The Hall–Kier alpha value is -2.65. The lowest BCUT2D eigenvalue weighted by Gasteiger charge is -2.19. The molecule has 33 heavy (non-hydrogen) atoms. The van der Waals surface area contributed by atoms with Crippen molar-refractivity contribution < 1.29 is 0 Å². The average molecular weight is 478 g/mol. The summed E-state index contributed by atoms with van der Waals surface area (Å²) in [4.78, 5) is 4.24. The van der Waals surface area contributed by atoms with Crippen LogP contribution in [0.25, 0.3) is 22.8 Å². The lowest BCUT2D eigenvalue weighted by Crippen LogP contribution is -2.12. The highest BCUT2D eigenvalue weighted by molar-refractivity contribution is 8.00. The summed E-state index contributed by atoms with van der Waals surface area (Å²) in [5, 5.41) is 19.8. The third kappa shape index (κ3) is 4.31. The molecule has 0 spiro atoms. The molecule has 1 aliphatic rings. The van der Waals surface area contributed by atoms with Crippen LogP contribution in [0.15, 0.2) is 59.1 Å². The summed E-state index contributed by atoms with van der Waals surface area (Å²) in [7, 11) is 0. The molecule has 1 aromatic carbocycles. The summed E-state index contributed by atoms with van der Waals surface area (Å²) < 4.78 is 4.45. The van der Waals surface area contributed by atoms with E-state index < -0.39 is 0 Å². The number of thioether (sulfide) groups is 2. The Morgan fingerprint density at radius 1 is 1.00 bits per heavy atom. The number of benzene rings is 1. The van der Waals surface area contributed by atoms with Gasteiger partial charge in [-0.2, -0.15) is 0 Å². The Morgan fingerprint density at radius 2 is 1.79 bits per heavy atom. The standard InChI is InChI=1S/C24H27N7S2/c1-5-30-20(16-8-10-18(11-9-16)24(2,3)4)26-28-22(30)32-14-19-15-33-23-29-27-21(31(19)23)17-7-6-12-25-13-17/h6-13,19H,5,14-15H2,1-4H3. The van der Waals surface area contributed by atoms with Crippen LogP contribution >= 0.6 is 23.5 Å². The molecule has 9 heteroatoms. The molecule has 0 saturated carbocycles. The van der Waals surface area contributed by atoms with E-state index in [-0.39, 0.29) is 11.5 Å². The van der Waals surface area contributed by atoms with Crippen molar-refractivity contribution in [2.24, 2.45) is 0 Å². The van der Waals surface area contributed by atoms with Gasteiger partial charge >= 0.3 is 0 Å². The zero-order valence-corrected chi connectivity index (χ0v) is 20.9. The summed E-state index contributed by atoms with van der Waals surface area (Å²) in [6, 6.07) is 13.0. The molecule has 0 bridgehead atoms. The molecule has 1 atom stereocenters. The molecule has 1 aliphatic heterocycles. The van der Waals surface area contributed by atoms with Crippen molar-refractivity contribution in [2.75, 3.05) is 11.5 Å². The maximum Gasteiger partial charge on any atom is 0.191 e. The Balaban J connectivity index is 1.36.